The van der Waals surface area contributed by atoms with E-state index in [9.17, 15) is 20.2 Å². The van der Waals surface area contributed by atoms with E-state index in [0.717, 1.165) is 6.42 Å². The standard InChI is InChI=1S/C32H54N10O4.Rh/c43-41(44)22-14-13-21-23(24(22)42(45)46)32-39-30-20-12-6-5-11-19(20)28(37-30)35-26-16-8-2-1-7-15(16)25(33-26)34-27-17-9-3-4-10-18(17)29(36-27)38-31(21)40-32;/h15-40H,1-14H2;/q;+3. The molecule has 15 heteroatoms. The summed E-state index contributed by atoms with van der Waals surface area (Å²) >= 11 is 0. The average Bonchev–Trinajstić information content (AvgIpc) is 3.80. The Morgan fingerprint density at radius 3 is 0.979 bits per heavy atom. The Labute approximate surface area is 290 Å². The van der Waals surface area contributed by atoms with Crippen molar-refractivity contribution in [1.82, 2.24) is 42.5 Å². The monoisotopic (exact) mass is 745 g/mol. The molecule has 0 aromatic carbocycles. The molecule has 262 valence electrons. The minimum absolute atomic E-state index is 0. The molecule has 8 bridgehead atoms. The zero-order valence-corrected chi connectivity index (χ0v) is 28.8. The van der Waals surface area contributed by atoms with Crippen LogP contribution in [-0.4, -0.2) is 71.3 Å². The van der Waals surface area contributed by atoms with Crippen LogP contribution in [0.2, 0.25) is 0 Å². The maximum Gasteiger partial charge on any atom is 3.00 e. The zero-order valence-electron chi connectivity index (χ0n) is 27.2. The van der Waals surface area contributed by atoms with Gasteiger partial charge < -0.3 is 0 Å². The Morgan fingerprint density at radius 2 is 0.681 bits per heavy atom. The number of nitrogens with zero attached hydrogens (tertiary/aromatic N) is 2. The van der Waals surface area contributed by atoms with E-state index in [1.54, 1.807) is 0 Å². The van der Waals surface area contributed by atoms with Gasteiger partial charge in [-0.3, -0.25) is 62.8 Å². The topological polar surface area (TPSA) is 183 Å². The molecule has 0 radical (unpaired) electrons. The summed E-state index contributed by atoms with van der Waals surface area (Å²) in [7, 11) is 0. The van der Waals surface area contributed by atoms with Gasteiger partial charge in [0.05, 0.1) is 55.2 Å². The van der Waals surface area contributed by atoms with E-state index < -0.39 is 18.0 Å². The minimum atomic E-state index is -1.22. The molecule has 9 fully saturated rings. The van der Waals surface area contributed by atoms with Crippen LogP contribution < -0.4 is 42.5 Å². The first-order valence-corrected chi connectivity index (χ1v) is 18.8. The molecule has 9 rings (SSSR count). The maximum atomic E-state index is 12.6. The van der Waals surface area contributed by atoms with Gasteiger partial charge in [0, 0.05) is 22.2 Å². The second kappa shape index (κ2) is 13.3. The summed E-state index contributed by atoms with van der Waals surface area (Å²) in [5, 5.41) is 56.8. The zero-order chi connectivity index (χ0) is 31.1. The second-order valence-corrected chi connectivity index (χ2v) is 16.4. The van der Waals surface area contributed by atoms with Crippen LogP contribution in [0.1, 0.15) is 89.9 Å². The van der Waals surface area contributed by atoms with Crippen molar-refractivity contribution in [2.24, 2.45) is 47.3 Å². The molecule has 9 aliphatic rings. The van der Waals surface area contributed by atoms with Crippen molar-refractivity contribution >= 4 is 0 Å². The van der Waals surface area contributed by atoms with Gasteiger partial charge in [0.2, 0.25) is 0 Å². The minimum Gasteiger partial charge on any atom is -0.286 e. The predicted octanol–water partition coefficient (Wildman–Crippen LogP) is 1.11. The molecule has 0 spiro atoms. The molecule has 5 aliphatic heterocycles. The van der Waals surface area contributed by atoms with Crippen LogP contribution in [0.15, 0.2) is 0 Å². The van der Waals surface area contributed by atoms with E-state index in [1.807, 2.05) is 0 Å². The fraction of sp³-hybridized carbons (Fsp3) is 1.00. The summed E-state index contributed by atoms with van der Waals surface area (Å²) in [6.07, 6.45) is 15.9. The number of nitro groups is 2. The first-order valence-electron chi connectivity index (χ1n) is 18.8. The molecule has 4 aliphatic carbocycles. The molecule has 4 saturated carbocycles. The quantitative estimate of drug-likeness (QED) is 0.115. The molecular formula is C32H54N10O4Rh+3. The van der Waals surface area contributed by atoms with Gasteiger partial charge in [-0.25, -0.2) is 0 Å². The summed E-state index contributed by atoms with van der Waals surface area (Å²) in [5.41, 5.74) is 0. The summed E-state index contributed by atoms with van der Waals surface area (Å²) in [4.78, 5) is 24.1. The van der Waals surface area contributed by atoms with Crippen molar-refractivity contribution in [1.29, 1.82) is 0 Å². The van der Waals surface area contributed by atoms with Gasteiger partial charge in [0.1, 0.15) is 0 Å². The fourth-order valence-electron chi connectivity index (χ4n) is 12.5. The summed E-state index contributed by atoms with van der Waals surface area (Å²) in [6, 6.07) is -2.38. The van der Waals surface area contributed by atoms with Crippen molar-refractivity contribution < 1.29 is 29.3 Å². The van der Waals surface area contributed by atoms with Crippen LogP contribution in [0, 0.1) is 67.6 Å². The van der Waals surface area contributed by atoms with Crippen LogP contribution in [0.4, 0.5) is 0 Å². The molecule has 8 N–H and O–H groups in total. The van der Waals surface area contributed by atoms with Crippen LogP contribution in [0.3, 0.4) is 0 Å². The molecule has 0 amide bonds. The van der Waals surface area contributed by atoms with Gasteiger partial charge in [0.15, 0.2) is 0 Å². The predicted molar refractivity (Wildman–Crippen MR) is 170 cm³/mol. The van der Waals surface area contributed by atoms with Crippen LogP contribution in [0.5, 0.6) is 0 Å². The van der Waals surface area contributed by atoms with Crippen LogP contribution in [-0.2, 0) is 19.5 Å². The first-order chi connectivity index (χ1) is 22.4. The number of rotatable bonds is 2. The second-order valence-electron chi connectivity index (χ2n) is 16.4. The number of hydrogen-bond acceptors (Lipinski definition) is 12. The van der Waals surface area contributed by atoms with Crippen molar-refractivity contribution in [3.8, 4) is 0 Å². The molecular weight excluding hydrogens is 691 g/mol. The maximum absolute atomic E-state index is 12.6. The molecule has 47 heavy (non-hydrogen) atoms. The number of fused-ring (bicyclic) bond motifs is 20. The van der Waals surface area contributed by atoms with E-state index in [1.165, 1.54) is 70.6 Å². The number of hydrogen-bond donors (Lipinski definition) is 8. The summed E-state index contributed by atoms with van der Waals surface area (Å²) < 4.78 is 0. The van der Waals surface area contributed by atoms with Gasteiger partial charge in [-0.15, -0.1) is 0 Å². The van der Waals surface area contributed by atoms with Crippen molar-refractivity contribution in [3.05, 3.63) is 20.2 Å². The third-order valence-corrected chi connectivity index (χ3v) is 14.5. The van der Waals surface area contributed by atoms with Crippen molar-refractivity contribution in [3.63, 3.8) is 0 Å². The summed E-state index contributed by atoms with van der Waals surface area (Å²) in [6.45, 7) is 0. The summed E-state index contributed by atoms with van der Waals surface area (Å²) in [5.74, 6) is 2.58. The molecule has 5 heterocycles. The van der Waals surface area contributed by atoms with Crippen molar-refractivity contribution in [2.45, 2.75) is 151 Å². The third-order valence-electron chi connectivity index (χ3n) is 14.5. The third kappa shape index (κ3) is 5.71. The average molecular weight is 746 g/mol. The van der Waals surface area contributed by atoms with Crippen molar-refractivity contribution in [2.75, 3.05) is 0 Å². The smallest absolute Gasteiger partial charge is 0.286 e. The van der Waals surface area contributed by atoms with Gasteiger partial charge >= 0.3 is 19.5 Å². The van der Waals surface area contributed by atoms with Crippen LogP contribution in [0.25, 0.3) is 0 Å². The van der Waals surface area contributed by atoms with E-state index >= 15 is 0 Å². The van der Waals surface area contributed by atoms with E-state index in [0.29, 0.717) is 41.9 Å². The molecule has 18 atom stereocenters. The Kier molecular flexibility index (Phi) is 9.44. The molecule has 0 aromatic rings. The fourth-order valence-corrected chi connectivity index (χ4v) is 12.5. The van der Waals surface area contributed by atoms with E-state index in [4.69, 9.17) is 0 Å². The van der Waals surface area contributed by atoms with Gasteiger partial charge in [-0.05, 0) is 80.5 Å². The molecule has 5 saturated heterocycles. The Morgan fingerprint density at radius 1 is 0.383 bits per heavy atom. The van der Waals surface area contributed by atoms with Gasteiger partial charge in [-0.2, -0.15) is 0 Å². The van der Waals surface area contributed by atoms with E-state index in [-0.39, 0.29) is 91.0 Å². The normalized spacial score (nSPS) is 53.5. The molecule has 18 unspecified atom stereocenters. The van der Waals surface area contributed by atoms with Gasteiger partial charge in [-0.1, -0.05) is 38.5 Å². The Hall–Kier alpha value is -0.897. The largest absolute Gasteiger partial charge is 3.00 e. The van der Waals surface area contributed by atoms with E-state index in [2.05, 4.69) is 42.5 Å². The Balaban J connectivity index is 0.00000324. The Bertz CT molecular complexity index is 1190. The van der Waals surface area contributed by atoms with Gasteiger partial charge in [0.25, 0.3) is 12.1 Å². The van der Waals surface area contributed by atoms with Crippen LogP contribution >= 0.6 is 0 Å². The molecule has 14 nitrogen and oxygen atoms in total. The SMILES string of the molecule is O=[N+]([O-])C1CCC2C3NC4NC(NC5NC(NC6NC(NC(N3)C2C1[N+](=O)[O-])C1CCCCC61)C1CCCCC51)C1CCCCC41.[Rh+3]. The molecule has 0 aromatic heterocycles. The first kappa shape index (κ1) is 33.3. The number of nitrogens with one attached hydrogen (secondary N) is 8.